The molecule has 0 atom stereocenters. The molecule has 0 aliphatic rings. The van der Waals surface area contributed by atoms with Gasteiger partial charge in [0.25, 0.3) is 0 Å². The molecule has 0 amide bonds. The van der Waals surface area contributed by atoms with Gasteiger partial charge in [0.2, 0.25) is 0 Å². The third-order valence-electron chi connectivity index (χ3n) is 10.8. The van der Waals surface area contributed by atoms with Gasteiger partial charge in [0.15, 0.2) is 0 Å². The average molecular weight is 907 g/mol. The molecule has 0 saturated heterocycles. The monoisotopic (exact) mass is 907 g/mol. The number of rotatable bonds is 40. The number of hydrogen-bond donors (Lipinski definition) is 0. The molecule has 0 heterocycles. The van der Waals surface area contributed by atoms with Gasteiger partial charge in [0.1, 0.15) is 23.0 Å². The van der Waals surface area contributed by atoms with Gasteiger partial charge in [-0.3, -0.25) is 0 Å². The second-order valence-electron chi connectivity index (χ2n) is 16.4. The molecule has 0 aromatic heterocycles. The number of benzene rings is 2. The summed E-state index contributed by atoms with van der Waals surface area (Å²) in [4.78, 5) is 0. The normalized spacial score (nSPS) is 11.0. The minimum atomic E-state index is 0.823. The summed E-state index contributed by atoms with van der Waals surface area (Å²) in [6.07, 6.45) is 42.7. The molecule has 57 heavy (non-hydrogen) atoms. The Morgan fingerprint density at radius 3 is 0.842 bits per heavy atom. The summed E-state index contributed by atoms with van der Waals surface area (Å²) in [5.41, 5.74) is 0. The maximum absolute atomic E-state index is 5.97. The summed E-state index contributed by atoms with van der Waals surface area (Å²) in [6.45, 7) is 12.4. The molecule has 0 aliphatic heterocycles. The van der Waals surface area contributed by atoms with Crippen LogP contribution < -0.4 is 18.9 Å². The van der Waals surface area contributed by atoms with E-state index in [0.717, 1.165) is 78.7 Å². The van der Waals surface area contributed by atoms with Crippen LogP contribution in [0.3, 0.4) is 0 Å². The van der Waals surface area contributed by atoms with E-state index in [0.29, 0.717) is 0 Å². The highest BCUT2D eigenvalue weighted by atomic mass is 127. The van der Waals surface area contributed by atoms with Gasteiger partial charge in [0, 0.05) is 0 Å². The molecular weight excluding hydrogens is 815 g/mol. The van der Waals surface area contributed by atoms with E-state index in [-0.39, 0.29) is 0 Å². The Morgan fingerprint density at radius 1 is 0.298 bits per heavy atom. The van der Waals surface area contributed by atoms with E-state index in [9.17, 15) is 0 Å². The molecule has 0 aliphatic carbocycles. The Bertz CT molecular complexity index is 1050. The van der Waals surface area contributed by atoms with Gasteiger partial charge < -0.3 is 18.9 Å². The maximum atomic E-state index is 5.97. The van der Waals surface area contributed by atoms with Crippen LogP contribution in [0.2, 0.25) is 0 Å². The summed E-state index contributed by atoms with van der Waals surface area (Å²) < 4.78 is 24.7. The van der Waals surface area contributed by atoms with Crippen molar-refractivity contribution in [2.24, 2.45) is 0 Å². The third-order valence-corrected chi connectivity index (χ3v) is 11.6. The SMILES string of the molecule is CCCCCCCCCCOc1ccc(OCCCCCCCCCC)c(I)c1.CCCCCCCCCCOc1ccc(OCCCCCCCCCC)cc1. The van der Waals surface area contributed by atoms with Gasteiger partial charge in [-0.2, -0.15) is 0 Å². The lowest BCUT2D eigenvalue weighted by Crippen LogP contribution is -2.01. The number of halogens is 1. The van der Waals surface area contributed by atoms with Crippen LogP contribution in [0.15, 0.2) is 42.5 Å². The fraction of sp³-hybridized carbons (Fsp3) is 0.769. The van der Waals surface area contributed by atoms with Gasteiger partial charge in [-0.1, -0.05) is 207 Å². The van der Waals surface area contributed by atoms with E-state index >= 15 is 0 Å². The predicted octanol–water partition coefficient (Wildman–Crippen LogP) is 18.1. The number of unbranched alkanes of at least 4 members (excludes halogenated alkanes) is 28. The smallest absolute Gasteiger partial charge is 0.132 e. The highest BCUT2D eigenvalue weighted by molar-refractivity contribution is 14.1. The molecule has 2 aromatic carbocycles. The van der Waals surface area contributed by atoms with E-state index in [1.807, 2.05) is 24.3 Å². The molecule has 5 heteroatoms. The Kier molecular flexibility index (Phi) is 39.8. The second-order valence-corrected chi connectivity index (χ2v) is 17.5. The van der Waals surface area contributed by atoms with Crippen molar-refractivity contribution < 1.29 is 18.9 Å². The first-order chi connectivity index (χ1) is 28.1. The maximum Gasteiger partial charge on any atom is 0.132 e. The van der Waals surface area contributed by atoms with Crippen LogP contribution in [-0.4, -0.2) is 26.4 Å². The van der Waals surface area contributed by atoms with Crippen LogP contribution in [0.25, 0.3) is 0 Å². The van der Waals surface area contributed by atoms with Crippen molar-refractivity contribution in [3.8, 4) is 23.0 Å². The molecule has 0 fully saturated rings. The summed E-state index contributed by atoms with van der Waals surface area (Å²) in [5.74, 6) is 3.88. The van der Waals surface area contributed by atoms with E-state index in [1.54, 1.807) is 0 Å². The van der Waals surface area contributed by atoms with E-state index in [1.165, 1.54) is 180 Å². The van der Waals surface area contributed by atoms with Crippen molar-refractivity contribution in [2.75, 3.05) is 26.4 Å². The first-order valence-corrected chi connectivity index (χ1v) is 25.6. The molecule has 330 valence electrons. The average Bonchev–Trinajstić information content (AvgIpc) is 3.22. The van der Waals surface area contributed by atoms with Crippen molar-refractivity contribution in [2.45, 2.75) is 233 Å². The summed E-state index contributed by atoms with van der Waals surface area (Å²) in [5, 5.41) is 0. The molecule has 0 radical (unpaired) electrons. The lowest BCUT2D eigenvalue weighted by molar-refractivity contribution is 0.294. The van der Waals surface area contributed by atoms with Gasteiger partial charge in [-0.15, -0.1) is 0 Å². The lowest BCUT2D eigenvalue weighted by atomic mass is 10.1. The standard InChI is InChI=1S/C26H45IO2.C26H46O2/c1-3-5-7-9-11-13-15-17-21-28-24-19-20-26(25(27)23-24)29-22-18-16-14-12-10-8-6-4-2;1-3-5-7-9-11-13-15-17-23-27-25-19-21-26(22-20-25)28-24-18-16-14-12-10-8-6-4-2/h19-20,23H,3-18,21-22H2,1-2H3;19-22H,3-18,23-24H2,1-2H3. The summed E-state index contributed by atoms with van der Waals surface area (Å²) >= 11 is 2.36. The fourth-order valence-corrected chi connectivity index (χ4v) is 7.66. The largest absolute Gasteiger partial charge is 0.494 e. The van der Waals surface area contributed by atoms with Crippen LogP contribution in [0.4, 0.5) is 0 Å². The van der Waals surface area contributed by atoms with Crippen LogP contribution in [0.5, 0.6) is 23.0 Å². The van der Waals surface area contributed by atoms with Gasteiger partial charge >= 0.3 is 0 Å². The lowest BCUT2D eigenvalue weighted by Gasteiger charge is -2.11. The van der Waals surface area contributed by atoms with E-state index in [2.05, 4.69) is 68.5 Å². The second kappa shape index (κ2) is 42.5. The summed E-state index contributed by atoms with van der Waals surface area (Å²) in [7, 11) is 0. The molecule has 0 bridgehead atoms. The third kappa shape index (κ3) is 34.9. The van der Waals surface area contributed by atoms with Crippen molar-refractivity contribution in [3.05, 3.63) is 46.0 Å². The predicted molar refractivity (Wildman–Crippen MR) is 258 cm³/mol. The van der Waals surface area contributed by atoms with E-state index < -0.39 is 0 Å². The fourth-order valence-electron chi connectivity index (χ4n) is 7.02. The molecule has 0 saturated carbocycles. The van der Waals surface area contributed by atoms with Gasteiger partial charge in [-0.05, 0) is 90.7 Å². The van der Waals surface area contributed by atoms with E-state index in [4.69, 9.17) is 18.9 Å². The quantitative estimate of drug-likeness (QED) is 0.0493. The highest BCUT2D eigenvalue weighted by Crippen LogP contribution is 2.26. The van der Waals surface area contributed by atoms with Crippen LogP contribution in [-0.2, 0) is 0 Å². The van der Waals surface area contributed by atoms with Crippen molar-refractivity contribution in [3.63, 3.8) is 0 Å². The zero-order valence-corrected chi connectivity index (χ0v) is 40.2. The van der Waals surface area contributed by atoms with Crippen molar-refractivity contribution in [1.29, 1.82) is 0 Å². The first kappa shape index (κ1) is 53.4. The van der Waals surface area contributed by atoms with Crippen molar-refractivity contribution in [1.82, 2.24) is 0 Å². The van der Waals surface area contributed by atoms with Gasteiger partial charge in [0.05, 0.1) is 30.0 Å². The summed E-state index contributed by atoms with van der Waals surface area (Å²) in [6, 6.07) is 14.4. The number of ether oxygens (including phenoxy) is 4. The topological polar surface area (TPSA) is 36.9 Å². The van der Waals surface area contributed by atoms with Crippen LogP contribution in [0.1, 0.15) is 233 Å². The first-order valence-electron chi connectivity index (χ1n) is 24.5. The zero-order chi connectivity index (χ0) is 41.1. The zero-order valence-electron chi connectivity index (χ0n) is 38.0. The highest BCUT2D eigenvalue weighted by Gasteiger charge is 2.04. The molecule has 4 nitrogen and oxygen atoms in total. The Balaban J connectivity index is 0.000000570. The Morgan fingerprint density at radius 2 is 0.544 bits per heavy atom. The molecule has 2 rings (SSSR count). The molecule has 0 N–H and O–H groups in total. The molecule has 0 unspecified atom stereocenters. The number of hydrogen-bond acceptors (Lipinski definition) is 4. The van der Waals surface area contributed by atoms with Crippen LogP contribution >= 0.6 is 22.6 Å². The molecule has 0 spiro atoms. The minimum absolute atomic E-state index is 0.823. The molecule has 2 aromatic rings. The van der Waals surface area contributed by atoms with Crippen LogP contribution in [0, 0.1) is 3.57 Å². The van der Waals surface area contributed by atoms with Gasteiger partial charge in [-0.25, -0.2) is 0 Å². The minimum Gasteiger partial charge on any atom is -0.494 e. The Hall–Kier alpha value is -1.63. The Labute approximate surface area is 368 Å². The van der Waals surface area contributed by atoms with Crippen molar-refractivity contribution >= 4 is 22.6 Å². The molecular formula is C52H91IO4.